The molecule has 0 N–H and O–H groups in total. The molecule has 2 rings (SSSR count). The van der Waals surface area contributed by atoms with Gasteiger partial charge in [-0.1, -0.05) is 102 Å². The van der Waals surface area contributed by atoms with Gasteiger partial charge in [0, 0.05) is 10.9 Å². The summed E-state index contributed by atoms with van der Waals surface area (Å²) in [5, 5.41) is 1.58. The Morgan fingerprint density at radius 3 is 1.47 bits per heavy atom. The highest BCUT2D eigenvalue weighted by molar-refractivity contribution is 7.69. The maximum Gasteiger partial charge on any atom is 0.127 e. The van der Waals surface area contributed by atoms with Crippen molar-refractivity contribution in [3.8, 4) is 22.6 Å². The number of ether oxygens (including phenoxy) is 2. The predicted octanol–water partition coefficient (Wildman–Crippen LogP) is 8.93. The van der Waals surface area contributed by atoms with Crippen molar-refractivity contribution in [2.75, 3.05) is 14.2 Å². The molecule has 0 unspecified atom stereocenters. The standard InChI is InChI=1S/C31H49O2P/c1-12-15-22-20-23(16-13-2)27(24(21-22)17-14-3)28-25(32-10)18-19-26(33-11)29(28)34(30(4,5)6)31(7,8)9/h18-21H,12-17H2,1-11H3. The third-order valence-electron chi connectivity index (χ3n) is 6.30. The number of hydrogen-bond donors (Lipinski definition) is 0. The Labute approximate surface area is 211 Å². The molecule has 34 heavy (non-hydrogen) atoms. The van der Waals surface area contributed by atoms with Gasteiger partial charge in [0.2, 0.25) is 0 Å². The van der Waals surface area contributed by atoms with Gasteiger partial charge >= 0.3 is 0 Å². The first kappa shape index (κ1) is 28.7. The molecule has 0 amide bonds. The van der Waals surface area contributed by atoms with Crippen LogP contribution >= 0.6 is 7.92 Å². The number of methoxy groups -OCH3 is 2. The van der Waals surface area contributed by atoms with Crippen LogP contribution in [0, 0.1) is 0 Å². The molecule has 0 atom stereocenters. The molecular weight excluding hydrogens is 435 g/mol. The lowest BCUT2D eigenvalue weighted by Gasteiger charge is -2.43. The summed E-state index contributed by atoms with van der Waals surface area (Å²) >= 11 is 0. The Bertz CT molecular complexity index is 906. The van der Waals surface area contributed by atoms with Gasteiger partial charge in [-0.3, -0.25) is 0 Å². The van der Waals surface area contributed by atoms with Crippen LogP contribution in [0.25, 0.3) is 11.1 Å². The summed E-state index contributed by atoms with van der Waals surface area (Å²) < 4.78 is 12.2. The normalized spacial score (nSPS) is 12.4. The maximum absolute atomic E-state index is 6.11. The summed E-state index contributed by atoms with van der Waals surface area (Å²) in [5.74, 6) is 1.96. The van der Waals surface area contributed by atoms with Crippen LogP contribution in [0.5, 0.6) is 11.5 Å². The Kier molecular flexibility index (Phi) is 10.1. The fourth-order valence-electron chi connectivity index (χ4n) is 5.56. The van der Waals surface area contributed by atoms with Crippen molar-refractivity contribution in [2.24, 2.45) is 0 Å². The van der Waals surface area contributed by atoms with Crippen molar-refractivity contribution < 1.29 is 9.47 Å². The first-order valence-electron chi connectivity index (χ1n) is 13.1. The molecule has 0 fully saturated rings. The van der Waals surface area contributed by atoms with Crippen LogP contribution in [0.15, 0.2) is 24.3 Å². The highest BCUT2D eigenvalue weighted by Gasteiger charge is 2.40. The Morgan fingerprint density at radius 2 is 1.09 bits per heavy atom. The third-order valence-corrected chi connectivity index (χ3v) is 9.87. The molecule has 0 heterocycles. The molecule has 2 nitrogen and oxygen atoms in total. The van der Waals surface area contributed by atoms with E-state index in [-0.39, 0.29) is 10.3 Å². The van der Waals surface area contributed by atoms with E-state index in [2.05, 4.69) is 86.6 Å². The highest BCUT2D eigenvalue weighted by atomic mass is 31.1. The van der Waals surface area contributed by atoms with Crippen molar-refractivity contribution in [2.45, 2.75) is 111 Å². The van der Waals surface area contributed by atoms with E-state index in [1.165, 1.54) is 39.5 Å². The summed E-state index contributed by atoms with van der Waals surface area (Å²) in [6.07, 6.45) is 6.71. The van der Waals surface area contributed by atoms with E-state index in [0.29, 0.717) is 0 Å². The van der Waals surface area contributed by atoms with Crippen molar-refractivity contribution in [3.63, 3.8) is 0 Å². The van der Waals surface area contributed by atoms with Crippen LogP contribution in [-0.2, 0) is 19.3 Å². The Morgan fingerprint density at radius 1 is 0.647 bits per heavy atom. The van der Waals surface area contributed by atoms with Crippen LogP contribution < -0.4 is 14.8 Å². The first-order chi connectivity index (χ1) is 15.9. The number of aryl methyl sites for hydroxylation is 3. The average molecular weight is 485 g/mol. The zero-order chi connectivity index (χ0) is 25.7. The number of hydrogen-bond acceptors (Lipinski definition) is 2. The van der Waals surface area contributed by atoms with E-state index in [4.69, 9.17) is 9.47 Å². The fourth-order valence-corrected chi connectivity index (χ4v) is 9.74. The fraction of sp³-hybridized carbons (Fsp3) is 0.613. The van der Waals surface area contributed by atoms with Crippen LogP contribution in [0.1, 0.15) is 98.3 Å². The van der Waals surface area contributed by atoms with E-state index in [9.17, 15) is 0 Å². The second-order valence-corrected chi connectivity index (χ2v) is 15.2. The van der Waals surface area contributed by atoms with Gasteiger partial charge in [-0.15, -0.1) is 0 Å². The average Bonchev–Trinajstić information content (AvgIpc) is 2.72. The minimum absolute atomic E-state index is 0.111. The predicted molar refractivity (Wildman–Crippen MR) is 153 cm³/mol. The lowest BCUT2D eigenvalue weighted by atomic mass is 9.87. The lowest BCUT2D eigenvalue weighted by Crippen LogP contribution is -2.33. The first-order valence-corrected chi connectivity index (χ1v) is 14.5. The molecule has 2 aromatic carbocycles. The topological polar surface area (TPSA) is 18.5 Å². The maximum atomic E-state index is 6.11. The summed E-state index contributed by atoms with van der Waals surface area (Å²) in [6.45, 7) is 21.2. The molecule has 2 aromatic rings. The summed E-state index contributed by atoms with van der Waals surface area (Å²) in [7, 11) is 3.04. The van der Waals surface area contributed by atoms with Crippen LogP contribution in [0.2, 0.25) is 0 Å². The second-order valence-electron chi connectivity index (χ2n) is 11.4. The molecule has 0 radical (unpaired) electrons. The Hall–Kier alpha value is -1.53. The molecule has 3 heteroatoms. The molecule has 0 aromatic heterocycles. The van der Waals surface area contributed by atoms with Crippen molar-refractivity contribution in [3.05, 3.63) is 41.0 Å². The molecule has 0 aliphatic carbocycles. The van der Waals surface area contributed by atoms with Crippen LogP contribution in [0.3, 0.4) is 0 Å². The number of benzene rings is 2. The van der Waals surface area contributed by atoms with E-state index < -0.39 is 7.92 Å². The van der Waals surface area contributed by atoms with Gasteiger partial charge in [-0.05, 0) is 64.0 Å². The number of rotatable bonds is 10. The van der Waals surface area contributed by atoms with Crippen molar-refractivity contribution >= 4 is 13.2 Å². The largest absolute Gasteiger partial charge is 0.496 e. The van der Waals surface area contributed by atoms with Gasteiger partial charge in [0.15, 0.2) is 0 Å². The molecular formula is C31H49O2P. The third kappa shape index (κ3) is 6.37. The van der Waals surface area contributed by atoms with Crippen molar-refractivity contribution in [1.82, 2.24) is 0 Å². The molecule has 0 bridgehead atoms. The van der Waals surface area contributed by atoms with Gasteiger partial charge in [-0.2, -0.15) is 0 Å². The minimum Gasteiger partial charge on any atom is -0.496 e. The monoisotopic (exact) mass is 484 g/mol. The molecule has 0 spiro atoms. The van der Waals surface area contributed by atoms with E-state index >= 15 is 0 Å². The SMILES string of the molecule is CCCc1cc(CCC)c(-c2c(OC)ccc(OC)c2P(C(C)(C)C)C(C)(C)C)c(CCC)c1. The highest BCUT2D eigenvalue weighted by Crippen LogP contribution is 2.62. The van der Waals surface area contributed by atoms with Gasteiger partial charge in [0.1, 0.15) is 11.5 Å². The van der Waals surface area contributed by atoms with Gasteiger partial charge in [0.25, 0.3) is 0 Å². The van der Waals surface area contributed by atoms with E-state index in [0.717, 1.165) is 43.6 Å². The Balaban J connectivity index is 3.12. The molecule has 0 saturated carbocycles. The summed E-state index contributed by atoms with van der Waals surface area (Å²) in [4.78, 5) is 0. The van der Waals surface area contributed by atoms with Gasteiger partial charge < -0.3 is 9.47 Å². The molecule has 0 saturated heterocycles. The second kappa shape index (κ2) is 11.9. The van der Waals surface area contributed by atoms with Crippen LogP contribution in [0.4, 0.5) is 0 Å². The molecule has 0 aliphatic heterocycles. The lowest BCUT2D eigenvalue weighted by molar-refractivity contribution is 0.407. The van der Waals surface area contributed by atoms with E-state index in [1.807, 2.05) is 14.2 Å². The summed E-state index contributed by atoms with van der Waals surface area (Å²) in [6, 6.07) is 9.18. The molecule has 0 aliphatic rings. The van der Waals surface area contributed by atoms with Gasteiger partial charge in [0.05, 0.1) is 14.2 Å². The van der Waals surface area contributed by atoms with Gasteiger partial charge in [-0.25, -0.2) is 0 Å². The summed E-state index contributed by atoms with van der Waals surface area (Å²) in [5.41, 5.74) is 7.06. The van der Waals surface area contributed by atoms with Crippen LogP contribution in [-0.4, -0.2) is 24.5 Å². The smallest absolute Gasteiger partial charge is 0.127 e. The van der Waals surface area contributed by atoms with Crippen molar-refractivity contribution in [1.29, 1.82) is 0 Å². The zero-order valence-corrected chi connectivity index (χ0v) is 24.7. The molecule has 190 valence electrons. The van der Waals surface area contributed by atoms with E-state index in [1.54, 1.807) is 0 Å². The zero-order valence-electron chi connectivity index (χ0n) is 23.8. The quantitative estimate of drug-likeness (QED) is 0.313. The minimum atomic E-state index is -0.594.